The van der Waals surface area contributed by atoms with Crippen LogP contribution in [0.3, 0.4) is 0 Å². The summed E-state index contributed by atoms with van der Waals surface area (Å²) in [5, 5.41) is 7.22. The number of nitrogens with one attached hydrogen (secondary N) is 1. The minimum atomic E-state index is 0.523. The van der Waals surface area contributed by atoms with Gasteiger partial charge in [0.15, 0.2) is 5.76 Å². The minimum absolute atomic E-state index is 0.523. The number of rotatable bonds is 4. The third kappa shape index (κ3) is 1.86. The summed E-state index contributed by atoms with van der Waals surface area (Å²) in [6, 6.07) is 2.52. The van der Waals surface area contributed by atoms with Gasteiger partial charge in [-0.25, -0.2) is 0 Å². The average molecular weight is 219 g/mol. The number of nitrogens with zero attached hydrogens (tertiary/aromatic N) is 2. The van der Waals surface area contributed by atoms with E-state index < -0.39 is 0 Å². The van der Waals surface area contributed by atoms with E-state index >= 15 is 0 Å². The van der Waals surface area contributed by atoms with Crippen LogP contribution in [0.25, 0.3) is 11.6 Å². The van der Waals surface area contributed by atoms with E-state index in [0.29, 0.717) is 30.1 Å². The second-order valence-electron chi connectivity index (χ2n) is 4.10. The summed E-state index contributed by atoms with van der Waals surface area (Å²) < 4.78 is 10.4. The second-order valence-corrected chi connectivity index (χ2v) is 4.10. The molecule has 1 aliphatic carbocycles. The molecule has 3 rings (SSSR count). The maximum Gasteiger partial charge on any atom is 0.241 e. The van der Waals surface area contributed by atoms with Gasteiger partial charge in [-0.1, -0.05) is 5.16 Å². The van der Waals surface area contributed by atoms with Gasteiger partial charge < -0.3 is 14.3 Å². The van der Waals surface area contributed by atoms with E-state index in [0.717, 1.165) is 5.56 Å². The molecule has 0 unspecified atom stereocenters. The van der Waals surface area contributed by atoms with Gasteiger partial charge in [0.2, 0.25) is 11.7 Å². The van der Waals surface area contributed by atoms with E-state index in [1.807, 2.05) is 13.0 Å². The molecule has 0 amide bonds. The number of hydrogen-bond acceptors (Lipinski definition) is 5. The van der Waals surface area contributed by atoms with Crippen LogP contribution in [0.4, 0.5) is 0 Å². The van der Waals surface area contributed by atoms with Gasteiger partial charge in [0.25, 0.3) is 0 Å². The zero-order valence-electron chi connectivity index (χ0n) is 9.06. The summed E-state index contributed by atoms with van der Waals surface area (Å²) in [4.78, 5) is 4.28. The quantitative estimate of drug-likeness (QED) is 0.850. The fourth-order valence-electron chi connectivity index (χ4n) is 1.54. The molecule has 0 spiro atoms. The van der Waals surface area contributed by atoms with Crippen LogP contribution < -0.4 is 5.32 Å². The molecule has 1 N–H and O–H groups in total. The standard InChI is InChI=1S/C11H13N3O2/c1-7-4-5-15-10(7)11-13-9(16-14-11)6-12-8-2-3-8/h4-5,8,12H,2-3,6H2,1H3. The van der Waals surface area contributed by atoms with Gasteiger partial charge in [0.1, 0.15) is 0 Å². The Hall–Kier alpha value is -1.62. The highest BCUT2D eigenvalue weighted by molar-refractivity contribution is 5.50. The fourth-order valence-corrected chi connectivity index (χ4v) is 1.54. The summed E-state index contributed by atoms with van der Waals surface area (Å²) in [5.41, 5.74) is 1.02. The van der Waals surface area contributed by atoms with Crippen molar-refractivity contribution >= 4 is 0 Å². The van der Waals surface area contributed by atoms with Gasteiger partial charge >= 0.3 is 0 Å². The largest absolute Gasteiger partial charge is 0.461 e. The summed E-state index contributed by atoms with van der Waals surface area (Å²) in [7, 11) is 0. The molecule has 1 fully saturated rings. The smallest absolute Gasteiger partial charge is 0.241 e. The monoisotopic (exact) mass is 219 g/mol. The Labute approximate surface area is 92.8 Å². The molecule has 0 saturated heterocycles. The van der Waals surface area contributed by atoms with Gasteiger partial charge in [-0.15, -0.1) is 0 Å². The van der Waals surface area contributed by atoms with E-state index in [-0.39, 0.29) is 0 Å². The Kier molecular flexibility index (Phi) is 2.25. The van der Waals surface area contributed by atoms with Crippen LogP contribution in [-0.4, -0.2) is 16.2 Å². The molecule has 1 aliphatic rings. The predicted octanol–water partition coefficient (Wildman–Crippen LogP) is 1.89. The molecule has 0 aromatic carbocycles. The SMILES string of the molecule is Cc1ccoc1-c1noc(CNC2CC2)n1. The molecule has 2 aromatic rings. The Balaban J connectivity index is 1.74. The molecular weight excluding hydrogens is 206 g/mol. The summed E-state index contributed by atoms with van der Waals surface area (Å²) in [6.45, 7) is 2.59. The third-order valence-corrected chi connectivity index (χ3v) is 2.65. The topological polar surface area (TPSA) is 64.1 Å². The fraction of sp³-hybridized carbons (Fsp3) is 0.455. The zero-order chi connectivity index (χ0) is 11.0. The maximum absolute atomic E-state index is 5.30. The van der Waals surface area contributed by atoms with Crippen molar-refractivity contribution in [2.45, 2.75) is 32.4 Å². The Morgan fingerprint density at radius 2 is 2.38 bits per heavy atom. The molecule has 0 radical (unpaired) electrons. The Bertz CT molecular complexity index is 485. The summed E-state index contributed by atoms with van der Waals surface area (Å²) >= 11 is 0. The zero-order valence-corrected chi connectivity index (χ0v) is 9.06. The van der Waals surface area contributed by atoms with E-state index in [1.54, 1.807) is 6.26 Å². The molecule has 2 heterocycles. The highest BCUT2D eigenvalue weighted by Gasteiger charge is 2.21. The number of hydrogen-bond donors (Lipinski definition) is 1. The predicted molar refractivity (Wildman–Crippen MR) is 56.6 cm³/mol. The van der Waals surface area contributed by atoms with Crippen molar-refractivity contribution in [3.63, 3.8) is 0 Å². The first-order valence-electron chi connectivity index (χ1n) is 5.43. The van der Waals surface area contributed by atoms with E-state index in [2.05, 4.69) is 15.5 Å². The van der Waals surface area contributed by atoms with Crippen LogP contribution in [0.5, 0.6) is 0 Å². The van der Waals surface area contributed by atoms with Crippen LogP contribution in [0, 0.1) is 6.92 Å². The van der Waals surface area contributed by atoms with E-state index in [9.17, 15) is 0 Å². The van der Waals surface area contributed by atoms with Gasteiger partial charge in [-0.2, -0.15) is 4.98 Å². The van der Waals surface area contributed by atoms with Crippen LogP contribution >= 0.6 is 0 Å². The number of aryl methyl sites for hydroxylation is 1. The Morgan fingerprint density at radius 1 is 1.50 bits per heavy atom. The van der Waals surface area contributed by atoms with Crippen molar-refractivity contribution in [2.75, 3.05) is 0 Å². The van der Waals surface area contributed by atoms with Gasteiger partial charge in [0.05, 0.1) is 12.8 Å². The first-order valence-corrected chi connectivity index (χ1v) is 5.43. The molecule has 5 heteroatoms. The summed E-state index contributed by atoms with van der Waals surface area (Å²) in [5.74, 6) is 1.81. The lowest BCUT2D eigenvalue weighted by Gasteiger charge is -1.94. The average Bonchev–Trinajstić information content (AvgIpc) is 2.82. The molecule has 84 valence electrons. The lowest BCUT2D eigenvalue weighted by molar-refractivity contribution is 0.366. The highest BCUT2D eigenvalue weighted by atomic mass is 16.5. The van der Waals surface area contributed by atoms with Crippen LogP contribution in [0.1, 0.15) is 24.3 Å². The maximum atomic E-state index is 5.30. The van der Waals surface area contributed by atoms with E-state index in [1.165, 1.54) is 12.8 Å². The van der Waals surface area contributed by atoms with Crippen molar-refractivity contribution in [3.05, 3.63) is 23.8 Å². The molecule has 5 nitrogen and oxygen atoms in total. The van der Waals surface area contributed by atoms with Gasteiger partial charge in [-0.05, 0) is 31.4 Å². The van der Waals surface area contributed by atoms with Crippen LogP contribution in [0.2, 0.25) is 0 Å². The number of furan rings is 1. The Morgan fingerprint density at radius 3 is 3.06 bits per heavy atom. The van der Waals surface area contributed by atoms with Crippen LogP contribution in [-0.2, 0) is 6.54 Å². The molecule has 0 aliphatic heterocycles. The minimum Gasteiger partial charge on any atom is -0.461 e. The highest BCUT2D eigenvalue weighted by Crippen LogP contribution is 2.22. The first-order chi connectivity index (χ1) is 7.83. The van der Waals surface area contributed by atoms with Gasteiger partial charge in [-0.3, -0.25) is 0 Å². The summed E-state index contributed by atoms with van der Waals surface area (Å²) in [6.07, 6.45) is 4.12. The normalized spacial score (nSPS) is 15.6. The molecule has 2 aromatic heterocycles. The van der Waals surface area contributed by atoms with Crippen molar-refractivity contribution in [2.24, 2.45) is 0 Å². The van der Waals surface area contributed by atoms with Crippen LogP contribution in [0.15, 0.2) is 21.3 Å². The van der Waals surface area contributed by atoms with Crippen molar-refractivity contribution in [1.82, 2.24) is 15.5 Å². The van der Waals surface area contributed by atoms with Crippen molar-refractivity contribution in [3.8, 4) is 11.6 Å². The second kappa shape index (κ2) is 3.75. The molecule has 16 heavy (non-hydrogen) atoms. The number of aromatic nitrogens is 2. The molecule has 0 atom stereocenters. The van der Waals surface area contributed by atoms with E-state index in [4.69, 9.17) is 8.94 Å². The van der Waals surface area contributed by atoms with Crippen molar-refractivity contribution in [1.29, 1.82) is 0 Å². The third-order valence-electron chi connectivity index (χ3n) is 2.65. The molecular formula is C11H13N3O2. The first kappa shape index (κ1) is 9.59. The lowest BCUT2D eigenvalue weighted by atomic mass is 10.3. The van der Waals surface area contributed by atoms with Crippen molar-refractivity contribution < 1.29 is 8.94 Å². The molecule has 0 bridgehead atoms. The van der Waals surface area contributed by atoms with Gasteiger partial charge in [0, 0.05) is 6.04 Å². The molecule has 1 saturated carbocycles. The lowest BCUT2D eigenvalue weighted by Crippen LogP contribution is -2.15.